The van der Waals surface area contributed by atoms with Gasteiger partial charge < -0.3 is 10.2 Å². The molecular formula is C15H19F3N2O. The van der Waals surface area contributed by atoms with Gasteiger partial charge in [0.1, 0.15) is 6.54 Å². The van der Waals surface area contributed by atoms with E-state index in [4.69, 9.17) is 0 Å². The van der Waals surface area contributed by atoms with Crippen molar-refractivity contribution in [3.05, 3.63) is 35.9 Å². The molecule has 0 spiro atoms. The van der Waals surface area contributed by atoms with Crippen molar-refractivity contribution in [2.45, 2.75) is 25.4 Å². The Hall–Kier alpha value is -1.72. The van der Waals surface area contributed by atoms with Crippen molar-refractivity contribution in [1.29, 1.82) is 0 Å². The van der Waals surface area contributed by atoms with E-state index in [1.165, 1.54) is 10.5 Å². The number of carbonyl (C=O) groups is 1. The number of nitrogens with zero attached hydrogens (tertiary/aromatic N) is 1. The number of halogens is 3. The van der Waals surface area contributed by atoms with Crippen LogP contribution in [0.3, 0.4) is 0 Å². The van der Waals surface area contributed by atoms with E-state index in [0.29, 0.717) is 19.0 Å². The van der Waals surface area contributed by atoms with Crippen LogP contribution in [-0.2, 0) is 6.42 Å². The Morgan fingerprint density at radius 3 is 2.38 bits per heavy atom. The van der Waals surface area contributed by atoms with Crippen LogP contribution in [0.2, 0.25) is 0 Å². The molecule has 1 N–H and O–H groups in total. The molecule has 2 rings (SSSR count). The second kappa shape index (κ2) is 6.83. The maximum atomic E-state index is 12.1. The van der Waals surface area contributed by atoms with E-state index in [-0.39, 0.29) is 0 Å². The van der Waals surface area contributed by atoms with Crippen LogP contribution >= 0.6 is 0 Å². The predicted molar refractivity (Wildman–Crippen MR) is 73.9 cm³/mol. The third kappa shape index (κ3) is 5.28. The lowest BCUT2D eigenvalue weighted by Crippen LogP contribution is -2.47. The molecule has 2 amide bonds. The minimum absolute atomic E-state index is 0.485. The lowest BCUT2D eigenvalue weighted by atomic mass is 9.90. The highest BCUT2D eigenvalue weighted by Crippen LogP contribution is 2.21. The van der Waals surface area contributed by atoms with E-state index < -0.39 is 18.8 Å². The molecule has 1 heterocycles. The topological polar surface area (TPSA) is 32.3 Å². The Morgan fingerprint density at radius 2 is 1.81 bits per heavy atom. The van der Waals surface area contributed by atoms with E-state index in [9.17, 15) is 18.0 Å². The summed E-state index contributed by atoms with van der Waals surface area (Å²) in [5, 5.41) is 1.92. The van der Waals surface area contributed by atoms with Crippen LogP contribution in [0.5, 0.6) is 0 Å². The third-order valence-electron chi connectivity index (χ3n) is 3.71. The first-order chi connectivity index (χ1) is 9.94. The zero-order chi connectivity index (χ0) is 15.3. The zero-order valence-corrected chi connectivity index (χ0v) is 11.7. The van der Waals surface area contributed by atoms with Gasteiger partial charge in [0.2, 0.25) is 0 Å². The number of rotatable bonds is 3. The highest BCUT2D eigenvalue weighted by molar-refractivity contribution is 5.74. The van der Waals surface area contributed by atoms with E-state index in [1.807, 2.05) is 23.5 Å². The summed E-state index contributed by atoms with van der Waals surface area (Å²) >= 11 is 0. The molecule has 3 nitrogen and oxygen atoms in total. The monoisotopic (exact) mass is 300 g/mol. The molecule has 0 unspecified atom stereocenters. The number of hydrogen-bond donors (Lipinski definition) is 1. The minimum Gasteiger partial charge on any atom is -0.329 e. The second-order valence-electron chi connectivity index (χ2n) is 5.39. The van der Waals surface area contributed by atoms with Gasteiger partial charge in [0, 0.05) is 13.1 Å². The Morgan fingerprint density at radius 1 is 1.19 bits per heavy atom. The summed E-state index contributed by atoms with van der Waals surface area (Å²) < 4.78 is 36.2. The van der Waals surface area contributed by atoms with Crippen LogP contribution in [0.25, 0.3) is 0 Å². The Labute approximate surface area is 122 Å². The van der Waals surface area contributed by atoms with Crippen molar-refractivity contribution in [2.24, 2.45) is 5.92 Å². The van der Waals surface area contributed by atoms with Gasteiger partial charge in [-0.25, -0.2) is 4.79 Å². The van der Waals surface area contributed by atoms with Crippen LogP contribution < -0.4 is 5.32 Å². The zero-order valence-electron chi connectivity index (χ0n) is 11.7. The normalized spacial score (nSPS) is 16.8. The summed E-state index contributed by atoms with van der Waals surface area (Å²) in [6.45, 7) is -0.238. The van der Waals surface area contributed by atoms with Crippen molar-refractivity contribution >= 4 is 6.03 Å². The first-order valence-corrected chi connectivity index (χ1v) is 7.07. The average molecular weight is 300 g/mol. The van der Waals surface area contributed by atoms with Crippen LogP contribution in [0, 0.1) is 5.92 Å². The molecule has 0 bridgehead atoms. The standard InChI is InChI=1S/C15H19F3N2O/c16-15(17,18)11-19-14(21)20-8-6-13(7-9-20)10-12-4-2-1-3-5-12/h1-5,13H,6-11H2,(H,19,21). The molecule has 1 aliphatic rings. The molecule has 21 heavy (non-hydrogen) atoms. The van der Waals surface area contributed by atoms with Gasteiger partial charge in [0.25, 0.3) is 0 Å². The number of hydrogen-bond acceptors (Lipinski definition) is 1. The predicted octanol–water partition coefficient (Wildman–Crippen LogP) is 3.21. The Bertz CT molecular complexity index is 454. The quantitative estimate of drug-likeness (QED) is 0.913. The molecule has 0 saturated carbocycles. The molecule has 1 aromatic rings. The Kier molecular flexibility index (Phi) is 5.09. The van der Waals surface area contributed by atoms with Gasteiger partial charge in [0.15, 0.2) is 0 Å². The molecule has 116 valence electrons. The van der Waals surface area contributed by atoms with Crippen LogP contribution in [0.4, 0.5) is 18.0 Å². The van der Waals surface area contributed by atoms with Gasteiger partial charge in [-0.1, -0.05) is 30.3 Å². The third-order valence-corrected chi connectivity index (χ3v) is 3.71. The summed E-state index contributed by atoms with van der Waals surface area (Å²) in [5.74, 6) is 0.485. The van der Waals surface area contributed by atoms with E-state index in [2.05, 4.69) is 12.1 Å². The molecule has 0 radical (unpaired) electrons. The van der Waals surface area contributed by atoms with Crippen molar-refractivity contribution in [2.75, 3.05) is 19.6 Å². The summed E-state index contributed by atoms with van der Waals surface area (Å²) in [6.07, 6.45) is -1.75. The molecule has 0 aromatic heterocycles. The largest absolute Gasteiger partial charge is 0.405 e. The fourth-order valence-electron chi connectivity index (χ4n) is 2.58. The second-order valence-corrected chi connectivity index (χ2v) is 5.39. The van der Waals surface area contributed by atoms with Gasteiger partial charge in [-0.05, 0) is 30.7 Å². The van der Waals surface area contributed by atoms with Crippen LogP contribution in [-0.4, -0.2) is 36.7 Å². The fourth-order valence-corrected chi connectivity index (χ4v) is 2.58. The number of amides is 2. The van der Waals surface area contributed by atoms with Crippen molar-refractivity contribution in [3.63, 3.8) is 0 Å². The first kappa shape index (κ1) is 15.7. The molecule has 1 fully saturated rings. The van der Waals surface area contributed by atoms with Gasteiger partial charge in [-0.3, -0.25) is 0 Å². The molecule has 0 aliphatic carbocycles. The lowest BCUT2D eigenvalue weighted by Gasteiger charge is -2.32. The van der Waals surface area contributed by atoms with Gasteiger partial charge >= 0.3 is 12.2 Å². The van der Waals surface area contributed by atoms with Crippen molar-refractivity contribution < 1.29 is 18.0 Å². The maximum absolute atomic E-state index is 12.1. The highest BCUT2D eigenvalue weighted by Gasteiger charge is 2.30. The van der Waals surface area contributed by atoms with E-state index in [0.717, 1.165) is 19.3 Å². The number of benzene rings is 1. The van der Waals surface area contributed by atoms with Crippen molar-refractivity contribution in [1.82, 2.24) is 10.2 Å². The van der Waals surface area contributed by atoms with Gasteiger partial charge in [0.05, 0.1) is 0 Å². The molecular weight excluding hydrogens is 281 g/mol. The minimum atomic E-state index is -4.36. The first-order valence-electron chi connectivity index (χ1n) is 7.07. The maximum Gasteiger partial charge on any atom is 0.405 e. The summed E-state index contributed by atoms with van der Waals surface area (Å²) in [6, 6.07) is 9.48. The van der Waals surface area contributed by atoms with E-state index in [1.54, 1.807) is 0 Å². The molecule has 0 atom stereocenters. The number of urea groups is 1. The van der Waals surface area contributed by atoms with Gasteiger partial charge in [-0.15, -0.1) is 0 Å². The Balaban J connectivity index is 1.74. The average Bonchev–Trinajstić information content (AvgIpc) is 2.46. The SMILES string of the molecule is O=C(NCC(F)(F)F)N1CCC(Cc2ccccc2)CC1. The van der Waals surface area contributed by atoms with Gasteiger partial charge in [-0.2, -0.15) is 13.2 Å². The lowest BCUT2D eigenvalue weighted by molar-refractivity contribution is -0.123. The molecule has 6 heteroatoms. The number of carbonyl (C=O) groups excluding carboxylic acids is 1. The van der Waals surface area contributed by atoms with Crippen LogP contribution in [0.1, 0.15) is 18.4 Å². The van der Waals surface area contributed by atoms with E-state index >= 15 is 0 Å². The molecule has 1 aromatic carbocycles. The van der Waals surface area contributed by atoms with Crippen molar-refractivity contribution in [3.8, 4) is 0 Å². The number of nitrogens with one attached hydrogen (secondary N) is 1. The van der Waals surface area contributed by atoms with Crippen LogP contribution in [0.15, 0.2) is 30.3 Å². The smallest absolute Gasteiger partial charge is 0.329 e. The summed E-state index contributed by atoms with van der Waals surface area (Å²) in [7, 11) is 0. The fraction of sp³-hybridized carbons (Fsp3) is 0.533. The molecule has 1 aliphatic heterocycles. The summed E-state index contributed by atoms with van der Waals surface area (Å²) in [4.78, 5) is 13.1. The summed E-state index contributed by atoms with van der Waals surface area (Å²) in [5.41, 5.74) is 1.26. The number of likely N-dealkylation sites (tertiary alicyclic amines) is 1. The number of piperidine rings is 1. The number of alkyl halides is 3. The highest BCUT2D eigenvalue weighted by atomic mass is 19.4. The molecule has 1 saturated heterocycles.